The fourth-order valence-electron chi connectivity index (χ4n) is 21.5. The highest BCUT2D eigenvalue weighted by molar-refractivity contribution is 6.48. The van der Waals surface area contributed by atoms with Crippen molar-refractivity contribution in [2.45, 2.75) is 52.2 Å². The van der Waals surface area contributed by atoms with Gasteiger partial charge in [0.15, 0.2) is 0 Å². The molecule has 3 unspecified atom stereocenters. The van der Waals surface area contributed by atoms with Gasteiger partial charge < -0.3 is 14.2 Å². The fraction of sp³-hybridized carbons (Fsp3) is 0.143. The quantitative estimate of drug-likeness (QED) is 0.0414. The summed E-state index contributed by atoms with van der Waals surface area (Å²) in [7, 11) is 0. The maximum Gasteiger partial charge on any atom is 0.265 e. The summed E-state index contributed by atoms with van der Waals surface area (Å²) in [4.78, 5) is 184. The molecule has 0 spiro atoms. The van der Waals surface area contributed by atoms with Crippen molar-refractivity contribution in [3.63, 3.8) is 0 Å². The third kappa shape index (κ3) is 10.4. The smallest absolute Gasteiger partial charge is 0.265 e. The van der Waals surface area contributed by atoms with Crippen molar-refractivity contribution in [1.29, 1.82) is 0 Å². The summed E-state index contributed by atoms with van der Waals surface area (Å²) < 4.78 is 62.4. The number of nitrogens with zero attached hydrogens (tertiary/aromatic N) is 6. The molecule has 0 aromatic heterocycles. The summed E-state index contributed by atoms with van der Waals surface area (Å²) in [6.07, 6.45) is 0.302. The maximum absolute atomic E-state index is 15.2. The molecule has 626 valence electrons. The highest BCUT2D eigenvalue weighted by Crippen LogP contribution is 2.53. The summed E-state index contributed by atoms with van der Waals surface area (Å²) >= 11 is 0. The number of anilines is 3. The summed E-state index contributed by atoms with van der Waals surface area (Å²) in [6.45, 7) is 6.08. The molecule has 0 N–H and O–H groups in total. The van der Waals surface area contributed by atoms with Gasteiger partial charge in [-0.2, -0.15) is 0 Å². The zero-order valence-electron chi connectivity index (χ0n) is 68.9. The van der Waals surface area contributed by atoms with Crippen molar-refractivity contribution in [2.75, 3.05) is 54.3 Å². The highest BCUT2D eigenvalue weighted by atomic mass is 19.1. The lowest BCUT2D eigenvalue weighted by Gasteiger charge is -2.37. The molecule has 18 aromatic carbocycles. The molecule has 0 bridgehead atoms. The van der Waals surface area contributed by atoms with E-state index in [0.717, 1.165) is 14.7 Å². The number of hydrogen-bond acceptors (Lipinski definition) is 15. The number of hydrogen-bond donors (Lipinski definition) is 0. The van der Waals surface area contributed by atoms with Crippen molar-refractivity contribution in [3.05, 3.63) is 303 Å². The Morgan fingerprint density at radius 2 is 0.380 bits per heavy atom. The van der Waals surface area contributed by atoms with Gasteiger partial charge in [-0.3, -0.25) is 72.2 Å². The Bertz CT molecular complexity index is 7260. The molecule has 0 saturated carbocycles. The molecule has 21 nitrogen and oxygen atoms in total. The minimum atomic E-state index is -1.09. The molecule has 12 amide bonds. The first-order chi connectivity index (χ1) is 62.4. The van der Waals surface area contributed by atoms with Crippen LogP contribution in [-0.4, -0.2) is 143 Å². The zero-order valence-corrected chi connectivity index (χ0v) is 68.9. The molecule has 0 saturated heterocycles. The van der Waals surface area contributed by atoms with Crippen molar-refractivity contribution in [2.24, 2.45) is 5.41 Å². The lowest BCUT2D eigenvalue weighted by Crippen LogP contribution is -2.49. The number of rotatable bonds is 19. The Morgan fingerprint density at radius 3 is 0.535 bits per heavy atom. The SMILES string of the molecule is CCC(COCC(C)N1C(=O)c2ccc3c4ccc5c6c(ccc(c7ccc(c2c37)C1=O)c64)C(=O)N(c1ccc(F)cc1)C5=O)(COCC(C)N1C(=O)c2ccc3c4ccc5c6c(ccc(c7ccc(c2c37)C1=O)c64)C(=O)N(c1ccc(F)cc1)C5=O)COCC(C)N1C(=O)c2ccc3c4ccc5c6c(ccc(c7ccc(c2c37)C1=O)c64)C(=O)N(c1ccc(F)cc1)C5=O. The van der Waals surface area contributed by atoms with Crippen LogP contribution in [0.2, 0.25) is 0 Å². The van der Waals surface area contributed by atoms with Gasteiger partial charge in [0.2, 0.25) is 0 Å². The molecule has 129 heavy (non-hydrogen) atoms. The number of fused-ring (bicyclic) bond motifs is 6. The van der Waals surface area contributed by atoms with Gasteiger partial charge >= 0.3 is 0 Å². The Labute approximate surface area is 727 Å². The average molecular weight is 1710 g/mol. The number of halogens is 3. The number of imide groups is 6. The van der Waals surface area contributed by atoms with Crippen LogP contribution in [0.5, 0.6) is 0 Å². The van der Waals surface area contributed by atoms with E-state index >= 15 is 28.8 Å². The number of benzene rings is 18. The van der Waals surface area contributed by atoms with Gasteiger partial charge in [-0.05, 0) is 270 Å². The number of amides is 12. The van der Waals surface area contributed by atoms with Gasteiger partial charge in [0.05, 0.1) is 74.8 Å². The summed E-state index contributed by atoms with van der Waals surface area (Å²) in [6, 6.07) is 54.4. The van der Waals surface area contributed by atoms with E-state index in [2.05, 4.69) is 0 Å². The highest BCUT2D eigenvalue weighted by Gasteiger charge is 2.46. The minimum Gasteiger partial charge on any atom is -0.379 e. The van der Waals surface area contributed by atoms with Crippen LogP contribution in [0.1, 0.15) is 158 Å². The molecule has 24 heteroatoms. The van der Waals surface area contributed by atoms with Crippen molar-refractivity contribution < 1.29 is 84.9 Å². The van der Waals surface area contributed by atoms with Crippen LogP contribution >= 0.6 is 0 Å². The Kier molecular flexibility index (Phi) is 16.4. The van der Waals surface area contributed by atoms with E-state index in [0.29, 0.717) is 136 Å². The predicted octanol–water partition coefficient (Wildman–Crippen LogP) is 19.5. The molecule has 24 rings (SSSR count). The lowest BCUT2D eigenvalue weighted by molar-refractivity contribution is -0.0841. The molecule has 0 fully saturated rings. The van der Waals surface area contributed by atoms with Gasteiger partial charge in [0.25, 0.3) is 70.9 Å². The largest absolute Gasteiger partial charge is 0.379 e. The van der Waals surface area contributed by atoms with E-state index in [9.17, 15) is 41.9 Å². The first kappa shape index (κ1) is 77.0. The van der Waals surface area contributed by atoms with E-state index < -0.39 is 112 Å². The lowest BCUT2D eigenvalue weighted by atomic mass is 9.82. The maximum atomic E-state index is 15.2. The first-order valence-corrected chi connectivity index (χ1v) is 42.3. The van der Waals surface area contributed by atoms with Crippen LogP contribution in [0.4, 0.5) is 30.2 Å². The van der Waals surface area contributed by atoms with Crippen molar-refractivity contribution in [3.8, 4) is 0 Å². The van der Waals surface area contributed by atoms with Crippen molar-refractivity contribution in [1.82, 2.24) is 14.7 Å². The second kappa shape index (κ2) is 27.4. The minimum absolute atomic E-state index is 0.119. The third-order valence-corrected chi connectivity index (χ3v) is 27.6. The van der Waals surface area contributed by atoms with E-state index in [1.165, 1.54) is 87.5 Å². The number of ether oxygens (including phenoxy) is 3. The summed E-state index contributed by atoms with van der Waals surface area (Å²) in [5.41, 5.74) is 2.77. The number of carbonyl (C=O) groups is 12. The van der Waals surface area contributed by atoms with Crippen molar-refractivity contribution >= 4 is 217 Å². The van der Waals surface area contributed by atoms with Crippen LogP contribution in [0.15, 0.2) is 218 Å². The van der Waals surface area contributed by atoms with Gasteiger partial charge in [-0.15, -0.1) is 0 Å². The molecule has 0 aliphatic carbocycles. The molecule has 6 heterocycles. The van der Waals surface area contributed by atoms with E-state index in [1.54, 1.807) is 130 Å². The van der Waals surface area contributed by atoms with Crippen LogP contribution in [-0.2, 0) is 14.2 Å². The monoisotopic (exact) mass is 1710 g/mol. The topological polar surface area (TPSA) is 252 Å². The second-order valence-corrected chi connectivity index (χ2v) is 34.6. The summed E-state index contributed by atoms with van der Waals surface area (Å²) in [5.74, 6) is -8.47. The van der Waals surface area contributed by atoms with Crippen LogP contribution in [0.25, 0.3) is 129 Å². The van der Waals surface area contributed by atoms with Gasteiger partial charge in [0.1, 0.15) is 17.5 Å². The Morgan fingerprint density at radius 1 is 0.225 bits per heavy atom. The van der Waals surface area contributed by atoms with Crippen LogP contribution in [0, 0.1) is 22.9 Å². The summed E-state index contributed by atoms with van der Waals surface area (Å²) in [5, 5.41) is 14.8. The van der Waals surface area contributed by atoms with E-state index in [-0.39, 0.29) is 123 Å². The molecule has 6 aliphatic rings. The van der Waals surface area contributed by atoms with Crippen LogP contribution in [0.3, 0.4) is 0 Å². The molecular weight excluding hydrogens is 1640 g/mol. The van der Waals surface area contributed by atoms with Gasteiger partial charge in [-0.25, -0.2) is 27.9 Å². The fourth-order valence-corrected chi connectivity index (χ4v) is 21.5. The average Bonchev–Trinajstić information content (AvgIpc) is 0.694. The first-order valence-electron chi connectivity index (χ1n) is 42.3. The molecule has 3 atom stereocenters. The molecule has 18 aromatic rings. The third-order valence-electron chi connectivity index (χ3n) is 27.6. The number of carbonyl (C=O) groups excluding carboxylic acids is 12. The molecule has 0 radical (unpaired) electrons. The Hall–Kier alpha value is -15.6. The van der Waals surface area contributed by atoms with Gasteiger partial charge in [0, 0.05) is 104 Å². The molecule has 6 aliphatic heterocycles. The Balaban J connectivity index is 0.516. The second-order valence-electron chi connectivity index (χ2n) is 34.6. The molecular formula is C105H65F3N6O15. The van der Waals surface area contributed by atoms with Crippen LogP contribution < -0.4 is 14.7 Å². The predicted molar refractivity (Wildman–Crippen MR) is 481 cm³/mol. The normalized spacial score (nSPS) is 16.4. The zero-order chi connectivity index (χ0) is 88.4. The van der Waals surface area contributed by atoms with Gasteiger partial charge in [-0.1, -0.05) is 79.7 Å². The van der Waals surface area contributed by atoms with E-state index in [1.807, 2.05) is 43.3 Å². The van der Waals surface area contributed by atoms with E-state index in [4.69, 9.17) is 14.2 Å². The standard InChI is InChI=1S/C105H65F3N6O15/c1-5-105(45-127-42-48(2)109-93(115)69-30-18-57-63-24-36-75-90-76(100(122)112(99(75)121)54-12-6-51(106)7-13-54)37-25-64(84(63)90)58-19-31-70(94(109)116)87(69)81(57)58,46-128-43-49(3)110-95(117)71-32-20-59-65-26-38-77-91-78(102(124)113(101(77)123)55-14-8-52(107)9-15-55)39-27-66(85(65)91)60-21-33-72(96(110)118)88(71)82(59)60)47-129-44-50(4)111-97(119)73-34-22-61-67-28-40-79-92-80(104(126)114(103(79)125)56-16-10-53(108)11-17-56)41-29-68(86(67)92)62-23-35-74(98(111)120)89(73)83(61)62/h6-41,48-50H,5,42-47H2,1-4H3.